The van der Waals surface area contributed by atoms with Crippen LogP contribution < -0.4 is 11.1 Å². The van der Waals surface area contributed by atoms with Crippen molar-refractivity contribution in [3.63, 3.8) is 0 Å². The SMILES string of the molecule is NC(=O)C(O)CNc1nc(C(=O)O)nc2ccccc12. The Kier molecular flexibility index (Phi) is 3.76. The van der Waals surface area contributed by atoms with Gasteiger partial charge < -0.3 is 21.3 Å². The fourth-order valence-corrected chi connectivity index (χ4v) is 1.60. The van der Waals surface area contributed by atoms with E-state index in [0.29, 0.717) is 10.9 Å². The van der Waals surface area contributed by atoms with Crippen LogP contribution in [-0.2, 0) is 4.79 Å². The lowest BCUT2D eigenvalue weighted by Crippen LogP contribution is -2.34. The normalized spacial score (nSPS) is 12.1. The number of amides is 1. The highest BCUT2D eigenvalue weighted by Crippen LogP contribution is 2.19. The molecule has 104 valence electrons. The van der Waals surface area contributed by atoms with Gasteiger partial charge in [-0.25, -0.2) is 14.8 Å². The van der Waals surface area contributed by atoms with E-state index in [1.54, 1.807) is 24.3 Å². The van der Waals surface area contributed by atoms with E-state index in [9.17, 15) is 14.7 Å². The first-order valence-corrected chi connectivity index (χ1v) is 5.70. The number of fused-ring (bicyclic) bond motifs is 1. The molecule has 2 rings (SSSR count). The van der Waals surface area contributed by atoms with Crippen molar-refractivity contribution in [2.45, 2.75) is 6.10 Å². The van der Waals surface area contributed by atoms with Gasteiger partial charge in [0.25, 0.3) is 0 Å². The molecular formula is C12H12N4O4. The van der Waals surface area contributed by atoms with Crippen LogP contribution in [0.3, 0.4) is 0 Å². The number of aromatic nitrogens is 2. The van der Waals surface area contributed by atoms with Crippen LogP contribution in [0.15, 0.2) is 24.3 Å². The van der Waals surface area contributed by atoms with Crippen molar-refractivity contribution < 1.29 is 19.8 Å². The molecule has 1 amide bonds. The van der Waals surface area contributed by atoms with Crippen LogP contribution in [0.25, 0.3) is 10.9 Å². The first kappa shape index (κ1) is 13.7. The van der Waals surface area contributed by atoms with E-state index >= 15 is 0 Å². The molecule has 1 unspecified atom stereocenters. The fraction of sp³-hybridized carbons (Fsp3) is 0.167. The number of benzene rings is 1. The summed E-state index contributed by atoms with van der Waals surface area (Å²) in [6.45, 7) is -0.171. The smallest absolute Gasteiger partial charge is 0.374 e. The molecule has 8 nitrogen and oxygen atoms in total. The number of nitrogens with two attached hydrogens (primary N) is 1. The van der Waals surface area contributed by atoms with Crippen LogP contribution in [-0.4, -0.2) is 44.7 Å². The molecule has 1 atom stereocenters. The molecular weight excluding hydrogens is 264 g/mol. The summed E-state index contributed by atoms with van der Waals surface area (Å²) in [6.07, 6.45) is -1.39. The maximum absolute atomic E-state index is 11.0. The van der Waals surface area contributed by atoms with Gasteiger partial charge in [0, 0.05) is 5.39 Å². The van der Waals surface area contributed by atoms with Crippen LogP contribution >= 0.6 is 0 Å². The van der Waals surface area contributed by atoms with Gasteiger partial charge in [-0.15, -0.1) is 0 Å². The maximum Gasteiger partial charge on any atom is 0.374 e. The Morgan fingerprint density at radius 2 is 2.00 bits per heavy atom. The summed E-state index contributed by atoms with van der Waals surface area (Å²) < 4.78 is 0. The lowest BCUT2D eigenvalue weighted by Gasteiger charge is -2.11. The van der Waals surface area contributed by atoms with Gasteiger partial charge in [-0.3, -0.25) is 4.79 Å². The van der Waals surface area contributed by atoms with Crippen molar-refractivity contribution in [1.82, 2.24) is 9.97 Å². The lowest BCUT2D eigenvalue weighted by atomic mass is 10.2. The van der Waals surface area contributed by atoms with Crippen LogP contribution in [0.2, 0.25) is 0 Å². The molecule has 0 aliphatic rings. The van der Waals surface area contributed by atoms with E-state index < -0.39 is 18.0 Å². The number of aliphatic hydroxyl groups is 1. The van der Waals surface area contributed by atoms with E-state index in [1.807, 2.05) is 0 Å². The molecule has 8 heteroatoms. The van der Waals surface area contributed by atoms with Gasteiger partial charge in [-0.1, -0.05) is 12.1 Å². The number of anilines is 1. The van der Waals surface area contributed by atoms with E-state index in [2.05, 4.69) is 15.3 Å². The van der Waals surface area contributed by atoms with E-state index in [-0.39, 0.29) is 18.2 Å². The monoisotopic (exact) mass is 276 g/mol. The molecule has 0 fully saturated rings. The Morgan fingerprint density at radius 1 is 1.30 bits per heavy atom. The molecule has 1 heterocycles. The topological polar surface area (TPSA) is 138 Å². The minimum Gasteiger partial charge on any atom is -0.475 e. The number of carboxylic acids is 1. The third-order valence-corrected chi connectivity index (χ3v) is 2.59. The fourth-order valence-electron chi connectivity index (χ4n) is 1.60. The zero-order valence-corrected chi connectivity index (χ0v) is 10.3. The Balaban J connectivity index is 2.39. The number of carboxylic acid groups (broad SMARTS) is 1. The number of carbonyl (C=O) groups excluding carboxylic acids is 1. The molecule has 1 aromatic heterocycles. The minimum atomic E-state index is -1.39. The number of aliphatic hydroxyl groups excluding tert-OH is 1. The Morgan fingerprint density at radius 3 is 2.65 bits per heavy atom. The van der Waals surface area contributed by atoms with E-state index in [1.165, 1.54) is 0 Å². The molecule has 5 N–H and O–H groups in total. The number of aromatic carboxylic acids is 1. The summed E-state index contributed by atoms with van der Waals surface area (Å²) in [5.74, 6) is -2.31. The largest absolute Gasteiger partial charge is 0.475 e. The molecule has 0 aliphatic heterocycles. The second-order valence-corrected chi connectivity index (χ2v) is 4.02. The molecule has 0 radical (unpaired) electrons. The van der Waals surface area contributed by atoms with Crippen molar-refractivity contribution in [2.24, 2.45) is 5.73 Å². The number of primary amides is 1. The minimum absolute atomic E-state index is 0.171. The second-order valence-electron chi connectivity index (χ2n) is 4.02. The summed E-state index contributed by atoms with van der Waals surface area (Å²) in [5, 5.41) is 21.6. The molecule has 2 aromatic rings. The predicted molar refractivity (Wildman–Crippen MR) is 70.2 cm³/mol. The predicted octanol–water partition coefficient (Wildman–Crippen LogP) is -0.414. The highest BCUT2D eigenvalue weighted by atomic mass is 16.4. The zero-order valence-electron chi connectivity index (χ0n) is 10.3. The summed E-state index contributed by atoms with van der Waals surface area (Å²) >= 11 is 0. The van der Waals surface area contributed by atoms with Crippen LogP contribution in [0, 0.1) is 0 Å². The highest BCUT2D eigenvalue weighted by molar-refractivity contribution is 5.93. The standard InChI is InChI=1S/C12H12N4O4/c13-9(18)8(17)5-14-10-6-3-1-2-4-7(6)15-11(16-10)12(19)20/h1-4,8,17H,5H2,(H2,13,18)(H,19,20)(H,14,15,16). The molecule has 0 bridgehead atoms. The number of rotatable bonds is 5. The molecule has 20 heavy (non-hydrogen) atoms. The van der Waals surface area contributed by atoms with Gasteiger partial charge in [0.2, 0.25) is 11.7 Å². The van der Waals surface area contributed by atoms with Crippen molar-refractivity contribution in [3.8, 4) is 0 Å². The third-order valence-electron chi connectivity index (χ3n) is 2.59. The van der Waals surface area contributed by atoms with Crippen molar-refractivity contribution in [1.29, 1.82) is 0 Å². The Hall–Kier alpha value is -2.74. The number of nitrogens with one attached hydrogen (secondary N) is 1. The molecule has 0 spiro atoms. The van der Waals surface area contributed by atoms with Crippen molar-refractivity contribution in [3.05, 3.63) is 30.1 Å². The number of hydrogen-bond donors (Lipinski definition) is 4. The number of hydrogen-bond acceptors (Lipinski definition) is 6. The Bertz CT molecular complexity index is 674. The van der Waals surface area contributed by atoms with Gasteiger partial charge in [0.1, 0.15) is 11.9 Å². The van der Waals surface area contributed by atoms with Crippen LogP contribution in [0.5, 0.6) is 0 Å². The zero-order chi connectivity index (χ0) is 14.7. The number of nitrogens with zero attached hydrogens (tertiary/aromatic N) is 2. The second kappa shape index (κ2) is 5.49. The molecule has 1 aromatic carbocycles. The highest BCUT2D eigenvalue weighted by Gasteiger charge is 2.15. The summed E-state index contributed by atoms with van der Waals surface area (Å²) in [5.41, 5.74) is 5.38. The van der Waals surface area contributed by atoms with Gasteiger partial charge >= 0.3 is 5.97 Å². The summed E-state index contributed by atoms with van der Waals surface area (Å²) in [7, 11) is 0. The average Bonchev–Trinajstić information content (AvgIpc) is 2.43. The van der Waals surface area contributed by atoms with Crippen LogP contribution in [0.4, 0.5) is 5.82 Å². The summed E-state index contributed by atoms with van der Waals surface area (Å²) in [6, 6.07) is 6.78. The van der Waals surface area contributed by atoms with Crippen molar-refractivity contribution in [2.75, 3.05) is 11.9 Å². The lowest BCUT2D eigenvalue weighted by molar-refractivity contribution is -0.125. The number of carbonyl (C=O) groups is 2. The van der Waals surface area contributed by atoms with Gasteiger partial charge in [0.05, 0.1) is 12.1 Å². The third kappa shape index (κ3) is 2.81. The van der Waals surface area contributed by atoms with Crippen LogP contribution in [0.1, 0.15) is 10.6 Å². The maximum atomic E-state index is 11.0. The van der Waals surface area contributed by atoms with E-state index in [0.717, 1.165) is 0 Å². The molecule has 0 aliphatic carbocycles. The van der Waals surface area contributed by atoms with Gasteiger partial charge in [-0.05, 0) is 12.1 Å². The molecule has 0 saturated carbocycles. The first-order chi connectivity index (χ1) is 9.49. The van der Waals surface area contributed by atoms with Crippen molar-refractivity contribution >= 4 is 28.6 Å². The average molecular weight is 276 g/mol. The summed E-state index contributed by atoms with van der Waals surface area (Å²) in [4.78, 5) is 29.5. The molecule has 0 saturated heterocycles. The van der Waals surface area contributed by atoms with E-state index in [4.69, 9.17) is 10.8 Å². The number of para-hydroxylation sites is 1. The van der Waals surface area contributed by atoms with Gasteiger partial charge in [0.15, 0.2) is 0 Å². The quantitative estimate of drug-likeness (QED) is 0.582. The Labute approximate surface area is 113 Å². The van der Waals surface area contributed by atoms with Gasteiger partial charge in [-0.2, -0.15) is 0 Å². The first-order valence-electron chi connectivity index (χ1n) is 5.70.